The van der Waals surface area contributed by atoms with Crippen molar-refractivity contribution in [3.63, 3.8) is 0 Å². The summed E-state index contributed by atoms with van der Waals surface area (Å²) in [6, 6.07) is 16.9. The number of nitrogens with two attached hydrogens (primary N) is 1. The monoisotopic (exact) mass is 238 g/mol. The molecule has 0 amide bonds. The zero-order chi connectivity index (χ0) is 12.4. The number of benzene rings is 2. The molecular weight excluding hydrogens is 220 g/mol. The Balaban J connectivity index is 1.71. The average Bonchev–Trinajstić information content (AvgIpc) is 2.80. The van der Waals surface area contributed by atoms with E-state index in [4.69, 9.17) is 5.73 Å². The molecule has 1 aliphatic heterocycles. The molecule has 2 nitrogen and oxygen atoms in total. The minimum Gasteiger partial charge on any atom is -0.399 e. The Kier molecular flexibility index (Phi) is 2.93. The van der Waals surface area contributed by atoms with Crippen LogP contribution in [0, 0.1) is 0 Å². The van der Waals surface area contributed by atoms with Crippen molar-refractivity contribution in [2.24, 2.45) is 0 Å². The van der Waals surface area contributed by atoms with Gasteiger partial charge in [-0.1, -0.05) is 36.4 Å². The van der Waals surface area contributed by atoms with Crippen LogP contribution >= 0.6 is 0 Å². The summed E-state index contributed by atoms with van der Waals surface area (Å²) in [5.74, 6) is 0. The van der Waals surface area contributed by atoms with Gasteiger partial charge in [-0.2, -0.15) is 0 Å². The highest BCUT2D eigenvalue weighted by molar-refractivity contribution is 5.64. The summed E-state index contributed by atoms with van der Waals surface area (Å²) >= 11 is 0. The molecule has 3 rings (SSSR count). The van der Waals surface area contributed by atoms with Crippen molar-refractivity contribution in [1.82, 2.24) is 0 Å². The van der Waals surface area contributed by atoms with E-state index in [1.165, 1.54) is 16.8 Å². The third-order valence-corrected chi connectivity index (χ3v) is 3.61. The molecule has 2 aromatic rings. The lowest BCUT2D eigenvalue weighted by molar-refractivity contribution is 0.813. The minimum absolute atomic E-state index is 0.861. The smallest absolute Gasteiger partial charge is 0.0420 e. The van der Waals surface area contributed by atoms with E-state index in [1.807, 2.05) is 6.07 Å². The number of fused-ring (bicyclic) bond motifs is 1. The van der Waals surface area contributed by atoms with Crippen molar-refractivity contribution in [2.75, 3.05) is 23.7 Å². The van der Waals surface area contributed by atoms with Gasteiger partial charge >= 0.3 is 0 Å². The van der Waals surface area contributed by atoms with Crippen molar-refractivity contribution >= 4 is 11.4 Å². The highest BCUT2D eigenvalue weighted by Gasteiger charge is 2.18. The summed E-state index contributed by atoms with van der Waals surface area (Å²) in [6.07, 6.45) is 2.24. The molecular formula is C16H18N2. The lowest BCUT2D eigenvalue weighted by Gasteiger charge is -2.19. The van der Waals surface area contributed by atoms with Crippen LogP contribution in [0.5, 0.6) is 0 Å². The predicted molar refractivity (Wildman–Crippen MR) is 76.9 cm³/mol. The molecule has 0 unspecified atom stereocenters. The lowest BCUT2D eigenvalue weighted by atomic mass is 10.1. The number of hydrogen-bond donors (Lipinski definition) is 1. The Bertz CT molecular complexity index is 534. The van der Waals surface area contributed by atoms with Crippen LogP contribution < -0.4 is 10.6 Å². The van der Waals surface area contributed by atoms with E-state index in [2.05, 4.69) is 47.4 Å². The molecule has 2 aromatic carbocycles. The van der Waals surface area contributed by atoms with Crippen LogP contribution in [-0.4, -0.2) is 13.1 Å². The standard InChI is InChI=1S/C16H18N2/c17-15-7-6-14-9-11-18(16(14)12-15)10-8-13-4-2-1-3-5-13/h1-7,12H,8-11,17H2. The van der Waals surface area contributed by atoms with Gasteiger partial charge in [-0.3, -0.25) is 0 Å². The highest BCUT2D eigenvalue weighted by atomic mass is 15.1. The van der Waals surface area contributed by atoms with E-state index in [0.29, 0.717) is 0 Å². The van der Waals surface area contributed by atoms with Crippen molar-refractivity contribution < 1.29 is 0 Å². The molecule has 0 saturated heterocycles. The zero-order valence-electron chi connectivity index (χ0n) is 10.5. The van der Waals surface area contributed by atoms with Gasteiger partial charge in [0.15, 0.2) is 0 Å². The van der Waals surface area contributed by atoms with Gasteiger partial charge < -0.3 is 10.6 Å². The molecule has 0 aromatic heterocycles. The SMILES string of the molecule is Nc1ccc2c(c1)N(CCc1ccccc1)CC2. The van der Waals surface area contributed by atoms with Gasteiger partial charge in [0.2, 0.25) is 0 Å². The molecule has 0 saturated carbocycles. The molecule has 92 valence electrons. The molecule has 1 heterocycles. The van der Waals surface area contributed by atoms with E-state index >= 15 is 0 Å². The van der Waals surface area contributed by atoms with Gasteiger partial charge in [0.05, 0.1) is 0 Å². The third kappa shape index (κ3) is 2.19. The first-order chi connectivity index (χ1) is 8.83. The Morgan fingerprint density at radius 3 is 2.72 bits per heavy atom. The number of nitrogen functional groups attached to an aromatic ring is 1. The summed E-state index contributed by atoms with van der Waals surface area (Å²) in [6.45, 7) is 2.19. The average molecular weight is 238 g/mol. The maximum absolute atomic E-state index is 5.87. The van der Waals surface area contributed by atoms with Crippen LogP contribution in [-0.2, 0) is 12.8 Å². The summed E-state index contributed by atoms with van der Waals surface area (Å²) in [5, 5.41) is 0. The van der Waals surface area contributed by atoms with Crippen molar-refractivity contribution in [1.29, 1.82) is 0 Å². The van der Waals surface area contributed by atoms with Gasteiger partial charge in [0, 0.05) is 24.5 Å². The molecule has 0 fully saturated rings. The van der Waals surface area contributed by atoms with E-state index in [9.17, 15) is 0 Å². The van der Waals surface area contributed by atoms with Gasteiger partial charge in [-0.05, 0) is 36.1 Å². The molecule has 0 bridgehead atoms. The number of hydrogen-bond acceptors (Lipinski definition) is 2. The van der Waals surface area contributed by atoms with Crippen LogP contribution in [0.15, 0.2) is 48.5 Å². The lowest BCUT2D eigenvalue weighted by Crippen LogP contribution is -2.23. The first kappa shape index (κ1) is 11.1. The molecule has 2 N–H and O–H groups in total. The van der Waals surface area contributed by atoms with Gasteiger partial charge in [0.1, 0.15) is 0 Å². The summed E-state index contributed by atoms with van der Waals surface area (Å²) in [5.41, 5.74) is 10.9. The summed E-state index contributed by atoms with van der Waals surface area (Å²) in [7, 11) is 0. The van der Waals surface area contributed by atoms with Crippen molar-refractivity contribution in [3.8, 4) is 0 Å². The van der Waals surface area contributed by atoms with E-state index < -0.39 is 0 Å². The van der Waals surface area contributed by atoms with Crippen LogP contribution in [0.4, 0.5) is 11.4 Å². The molecule has 2 heteroatoms. The van der Waals surface area contributed by atoms with Crippen molar-refractivity contribution in [3.05, 3.63) is 59.7 Å². The fraction of sp³-hybridized carbons (Fsp3) is 0.250. The third-order valence-electron chi connectivity index (χ3n) is 3.61. The maximum atomic E-state index is 5.87. The minimum atomic E-state index is 0.861. The maximum Gasteiger partial charge on any atom is 0.0420 e. The van der Waals surface area contributed by atoms with Crippen LogP contribution in [0.3, 0.4) is 0 Å². The first-order valence-electron chi connectivity index (χ1n) is 6.50. The Hall–Kier alpha value is -1.96. The molecule has 0 aliphatic carbocycles. The number of nitrogens with zero attached hydrogens (tertiary/aromatic N) is 1. The van der Waals surface area contributed by atoms with Gasteiger partial charge in [-0.15, -0.1) is 0 Å². The number of rotatable bonds is 3. The fourth-order valence-corrected chi connectivity index (χ4v) is 2.60. The predicted octanol–water partition coefficient (Wildman–Crippen LogP) is 2.87. The topological polar surface area (TPSA) is 29.3 Å². The molecule has 0 atom stereocenters. The van der Waals surface area contributed by atoms with E-state index in [0.717, 1.165) is 31.6 Å². The van der Waals surface area contributed by atoms with Crippen LogP contribution in [0.1, 0.15) is 11.1 Å². The molecule has 1 aliphatic rings. The van der Waals surface area contributed by atoms with Crippen molar-refractivity contribution in [2.45, 2.75) is 12.8 Å². The van der Waals surface area contributed by atoms with Crippen LogP contribution in [0.25, 0.3) is 0 Å². The van der Waals surface area contributed by atoms with E-state index in [-0.39, 0.29) is 0 Å². The molecule has 18 heavy (non-hydrogen) atoms. The summed E-state index contributed by atoms with van der Waals surface area (Å²) in [4.78, 5) is 2.44. The largest absolute Gasteiger partial charge is 0.399 e. The second-order valence-electron chi connectivity index (χ2n) is 4.86. The quantitative estimate of drug-likeness (QED) is 0.833. The fourth-order valence-electron chi connectivity index (χ4n) is 2.60. The van der Waals surface area contributed by atoms with Gasteiger partial charge in [-0.25, -0.2) is 0 Å². The van der Waals surface area contributed by atoms with Crippen LogP contribution in [0.2, 0.25) is 0 Å². The highest BCUT2D eigenvalue weighted by Crippen LogP contribution is 2.29. The molecule has 0 radical (unpaired) electrons. The first-order valence-corrected chi connectivity index (χ1v) is 6.50. The zero-order valence-corrected chi connectivity index (χ0v) is 10.5. The Morgan fingerprint density at radius 2 is 1.89 bits per heavy atom. The normalized spacial score (nSPS) is 13.7. The molecule has 0 spiro atoms. The number of anilines is 2. The van der Waals surface area contributed by atoms with Gasteiger partial charge in [0.25, 0.3) is 0 Å². The second kappa shape index (κ2) is 4.73. The Morgan fingerprint density at radius 1 is 1.06 bits per heavy atom. The summed E-state index contributed by atoms with van der Waals surface area (Å²) < 4.78 is 0. The van der Waals surface area contributed by atoms with E-state index in [1.54, 1.807) is 0 Å². The second-order valence-corrected chi connectivity index (χ2v) is 4.86. The Labute approximate surface area is 108 Å².